The lowest BCUT2D eigenvalue weighted by molar-refractivity contribution is 0.618. The average Bonchev–Trinajstić information content (AvgIpc) is 2.64. The Morgan fingerprint density at radius 3 is 2.87 bits per heavy atom. The maximum Gasteiger partial charge on any atom is 0.179 e. The van der Waals surface area contributed by atoms with Gasteiger partial charge in [-0.1, -0.05) is 13.3 Å². The van der Waals surface area contributed by atoms with Crippen LogP contribution >= 0.6 is 12.2 Å². The van der Waals surface area contributed by atoms with Crippen molar-refractivity contribution in [3.05, 3.63) is 10.5 Å². The number of nitrogens with zero attached hydrogens (tertiary/aromatic N) is 3. The van der Waals surface area contributed by atoms with Crippen molar-refractivity contribution < 1.29 is 0 Å². The molecule has 0 fully saturated rings. The monoisotopic (exact) mass is 224 g/mol. The summed E-state index contributed by atoms with van der Waals surface area (Å²) in [5.41, 5.74) is 3.18. The summed E-state index contributed by atoms with van der Waals surface area (Å²) in [6.45, 7) is 5.15. The van der Waals surface area contributed by atoms with E-state index in [-0.39, 0.29) is 0 Å². The van der Waals surface area contributed by atoms with Gasteiger partial charge in [-0.05, 0) is 25.6 Å². The molecule has 0 bridgehead atoms. The summed E-state index contributed by atoms with van der Waals surface area (Å²) in [6, 6.07) is 0. The van der Waals surface area contributed by atoms with Crippen molar-refractivity contribution in [3.63, 3.8) is 0 Å². The molecule has 0 atom stereocenters. The molecule has 0 aliphatic carbocycles. The van der Waals surface area contributed by atoms with Gasteiger partial charge < -0.3 is 9.55 Å². The van der Waals surface area contributed by atoms with Gasteiger partial charge in [-0.2, -0.15) is 5.10 Å². The van der Waals surface area contributed by atoms with E-state index in [1.807, 2.05) is 18.7 Å². The van der Waals surface area contributed by atoms with Crippen LogP contribution in [0.4, 0.5) is 0 Å². The second-order valence-electron chi connectivity index (χ2n) is 3.84. The number of fused-ring (bicyclic) bond motifs is 1. The lowest BCUT2D eigenvalue weighted by Crippen LogP contribution is -2.02. The quantitative estimate of drug-likeness (QED) is 0.814. The summed E-state index contributed by atoms with van der Waals surface area (Å²) in [6.07, 6.45) is 2.32. The zero-order chi connectivity index (χ0) is 11.0. The molecule has 0 aliphatic heterocycles. The lowest BCUT2D eigenvalue weighted by atomic mass is 10.3. The Balaban J connectivity index is 2.61. The van der Waals surface area contributed by atoms with Crippen LogP contribution in [0.15, 0.2) is 0 Å². The van der Waals surface area contributed by atoms with Crippen molar-refractivity contribution >= 4 is 23.4 Å². The first-order valence-electron chi connectivity index (χ1n) is 5.27. The highest BCUT2D eigenvalue weighted by Crippen LogP contribution is 2.17. The van der Waals surface area contributed by atoms with Gasteiger partial charge in [0, 0.05) is 13.6 Å². The molecule has 0 radical (unpaired) electrons. The van der Waals surface area contributed by atoms with E-state index in [4.69, 9.17) is 12.2 Å². The molecule has 2 heterocycles. The van der Waals surface area contributed by atoms with Crippen LogP contribution in [0.5, 0.6) is 0 Å². The van der Waals surface area contributed by atoms with Crippen molar-refractivity contribution in [2.75, 3.05) is 0 Å². The Morgan fingerprint density at radius 2 is 2.20 bits per heavy atom. The minimum absolute atomic E-state index is 0.801. The molecule has 1 N–H and O–H groups in total. The zero-order valence-corrected chi connectivity index (χ0v) is 10.2. The van der Waals surface area contributed by atoms with E-state index in [1.165, 1.54) is 6.42 Å². The fourth-order valence-corrected chi connectivity index (χ4v) is 2.18. The number of imidazole rings is 1. The van der Waals surface area contributed by atoms with Crippen LogP contribution < -0.4 is 0 Å². The van der Waals surface area contributed by atoms with Gasteiger partial charge in [-0.15, -0.1) is 0 Å². The van der Waals surface area contributed by atoms with Crippen LogP contribution in [-0.2, 0) is 13.6 Å². The molecular formula is C10H16N4S. The van der Waals surface area contributed by atoms with Gasteiger partial charge in [0.15, 0.2) is 10.4 Å². The van der Waals surface area contributed by atoms with Gasteiger partial charge >= 0.3 is 0 Å². The van der Waals surface area contributed by atoms with Gasteiger partial charge in [0.05, 0.1) is 5.69 Å². The number of aryl methyl sites for hydroxylation is 3. The molecule has 0 unspecified atom stereocenters. The van der Waals surface area contributed by atoms with Crippen molar-refractivity contribution in [3.8, 4) is 0 Å². The predicted octanol–water partition coefficient (Wildman–Crippen LogP) is 2.54. The minimum atomic E-state index is 0.801. The molecule has 5 heteroatoms. The number of H-pyrrole nitrogens is 1. The molecule has 2 aromatic rings. The summed E-state index contributed by atoms with van der Waals surface area (Å²) in [7, 11) is 1.96. The maximum absolute atomic E-state index is 5.31. The summed E-state index contributed by atoms with van der Waals surface area (Å²) in [4.78, 5) is 3.22. The van der Waals surface area contributed by atoms with Crippen LogP contribution in [0, 0.1) is 11.7 Å². The zero-order valence-electron chi connectivity index (χ0n) is 9.37. The molecule has 4 nitrogen and oxygen atoms in total. The van der Waals surface area contributed by atoms with E-state index >= 15 is 0 Å². The predicted molar refractivity (Wildman–Crippen MR) is 63.5 cm³/mol. The molecule has 0 aliphatic rings. The smallest absolute Gasteiger partial charge is 0.179 e. The third-order valence-electron chi connectivity index (χ3n) is 2.66. The summed E-state index contributed by atoms with van der Waals surface area (Å²) >= 11 is 5.31. The lowest BCUT2D eigenvalue weighted by Gasteiger charge is -2.02. The molecule has 0 saturated heterocycles. The first kappa shape index (κ1) is 10.4. The third-order valence-corrected chi connectivity index (χ3v) is 2.98. The highest BCUT2D eigenvalue weighted by molar-refractivity contribution is 7.71. The van der Waals surface area contributed by atoms with Gasteiger partial charge in [-0.25, -0.2) is 0 Å². The molecule has 0 saturated carbocycles. The fraction of sp³-hybridized carbons (Fsp3) is 0.600. The number of hydrogen-bond acceptors (Lipinski definition) is 2. The molecule has 15 heavy (non-hydrogen) atoms. The number of rotatable bonds is 3. The molecule has 2 aromatic heterocycles. The Bertz CT molecular complexity index is 531. The maximum atomic E-state index is 5.31. The van der Waals surface area contributed by atoms with Crippen molar-refractivity contribution in [2.45, 2.75) is 33.2 Å². The number of nitrogens with one attached hydrogen (secondary N) is 1. The largest absolute Gasteiger partial charge is 0.328 e. The molecule has 2 rings (SSSR count). The van der Waals surface area contributed by atoms with E-state index in [1.54, 1.807) is 0 Å². The highest BCUT2D eigenvalue weighted by Gasteiger charge is 2.11. The van der Waals surface area contributed by atoms with Crippen molar-refractivity contribution in [1.29, 1.82) is 0 Å². The van der Waals surface area contributed by atoms with Crippen LogP contribution in [-0.4, -0.2) is 19.3 Å². The number of aromatic amines is 1. The molecule has 82 valence electrons. The first-order valence-corrected chi connectivity index (χ1v) is 5.68. The van der Waals surface area contributed by atoms with E-state index < -0.39 is 0 Å². The standard InChI is InChI=1S/C10H16N4S/c1-4-5-6-14-9-8(11-10(14)15)7(2)12-13(9)3/h4-6H2,1-3H3,(H,11,15). The van der Waals surface area contributed by atoms with Gasteiger partial charge in [0.25, 0.3) is 0 Å². The van der Waals surface area contributed by atoms with E-state index in [2.05, 4.69) is 21.6 Å². The van der Waals surface area contributed by atoms with Crippen molar-refractivity contribution in [2.24, 2.45) is 7.05 Å². The molecular weight excluding hydrogens is 208 g/mol. The van der Waals surface area contributed by atoms with Crippen LogP contribution in [0.2, 0.25) is 0 Å². The summed E-state index contributed by atoms with van der Waals surface area (Å²) in [5, 5.41) is 4.38. The number of unbranched alkanes of at least 4 members (excludes halogenated alkanes) is 1. The Kier molecular flexibility index (Phi) is 2.65. The van der Waals surface area contributed by atoms with Crippen molar-refractivity contribution in [1.82, 2.24) is 19.3 Å². The van der Waals surface area contributed by atoms with Crippen LogP contribution in [0.3, 0.4) is 0 Å². The van der Waals surface area contributed by atoms with E-state index in [0.29, 0.717) is 0 Å². The summed E-state index contributed by atoms with van der Waals surface area (Å²) < 4.78 is 4.83. The molecule has 0 amide bonds. The Hall–Kier alpha value is -1.10. The number of hydrogen-bond donors (Lipinski definition) is 1. The number of aromatic nitrogens is 4. The average molecular weight is 224 g/mol. The third kappa shape index (κ3) is 1.61. The Morgan fingerprint density at radius 1 is 1.47 bits per heavy atom. The fourth-order valence-electron chi connectivity index (χ4n) is 1.90. The highest BCUT2D eigenvalue weighted by atomic mass is 32.1. The van der Waals surface area contributed by atoms with Crippen LogP contribution in [0.1, 0.15) is 25.5 Å². The SMILES string of the molecule is CCCCn1c(=S)[nH]c2c(C)nn(C)c21. The minimum Gasteiger partial charge on any atom is -0.328 e. The van der Waals surface area contributed by atoms with Gasteiger partial charge in [-0.3, -0.25) is 4.68 Å². The van der Waals surface area contributed by atoms with Crippen LogP contribution in [0.25, 0.3) is 11.2 Å². The topological polar surface area (TPSA) is 38.5 Å². The first-order chi connectivity index (χ1) is 7.15. The van der Waals surface area contributed by atoms with Gasteiger partial charge in [0.1, 0.15) is 5.52 Å². The summed E-state index contributed by atoms with van der Waals surface area (Å²) in [5.74, 6) is 0. The molecule has 0 aromatic carbocycles. The second kappa shape index (κ2) is 3.81. The second-order valence-corrected chi connectivity index (χ2v) is 4.23. The molecule has 0 spiro atoms. The van der Waals surface area contributed by atoms with E-state index in [0.717, 1.165) is 34.6 Å². The normalized spacial score (nSPS) is 11.4. The van der Waals surface area contributed by atoms with Gasteiger partial charge in [0.2, 0.25) is 0 Å². The van der Waals surface area contributed by atoms with E-state index in [9.17, 15) is 0 Å². The Labute approximate surface area is 93.9 Å².